The number of hydrogen-bond donors (Lipinski definition) is 1. The number of carbonyl (C=O) groups excluding carboxylic acids is 2. The van der Waals surface area contributed by atoms with E-state index in [1.165, 1.54) is 17.0 Å². The third-order valence-corrected chi connectivity index (χ3v) is 9.63. The molecule has 0 unspecified atom stereocenters. The highest BCUT2D eigenvalue weighted by Gasteiger charge is 2.35. The predicted octanol–water partition coefficient (Wildman–Crippen LogP) is 6.45. The third kappa shape index (κ3) is 9.45. The second kappa shape index (κ2) is 16.8. The molecule has 0 radical (unpaired) electrons. The van der Waals surface area contributed by atoms with E-state index in [9.17, 15) is 18.0 Å². The van der Waals surface area contributed by atoms with Crippen LogP contribution in [0.15, 0.2) is 108 Å². The molecule has 8 nitrogen and oxygen atoms in total. The number of para-hydroxylation sites is 2. The molecule has 0 saturated heterocycles. The lowest BCUT2D eigenvalue weighted by Gasteiger charge is -2.34. The van der Waals surface area contributed by atoms with Gasteiger partial charge in [-0.3, -0.25) is 13.9 Å². The molecule has 47 heavy (non-hydrogen) atoms. The van der Waals surface area contributed by atoms with Crippen molar-refractivity contribution < 1.29 is 22.7 Å². The molecular weight excluding hydrogens is 611 g/mol. The minimum absolute atomic E-state index is 0.0468. The average Bonchev–Trinajstić information content (AvgIpc) is 3.06. The van der Waals surface area contributed by atoms with E-state index in [4.69, 9.17) is 4.74 Å². The zero-order valence-electron chi connectivity index (χ0n) is 27.7. The van der Waals surface area contributed by atoms with Gasteiger partial charge in [-0.2, -0.15) is 0 Å². The van der Waals surface area contributed by atoms with Crippen LogP contribution in [0.5, 0.6) is 5.75 Å². The number of benzene rings is 4. The molecule has 0 bridgehead atoms. The van der Waals surface area contributed by atoms with Crippen molar-refractivity contribution in [2.75, 3.05) is 24.0 Å². The van der Waals surface area contributed by atoms with Gasteiger partial charge in [-0.1, -0.05) is 103 Å². The Bertz CT molecular complexity index is 1730. The Kier molecular flexibility index (Phi) is 12.6. The van der Waals surface area contributed by atoms with Crippen LogP contribution in [0, 0.1) is 13.8 Å². The summed E-state index contributed by atoms with van der Waals surface area (Å²) in [5, 5.41) is 3.02. The van der Waals surface area contributed by atoms with Crippen molar-refractivity contribution in [2.24, 2.45) is 0 Å². The summed E-state index contributed by atoms with van der Waals surface area (Å²) in [6.45, 7) is 8.06. The van der Waals surface area contributed by atoms with Gasteiger partial charge in [0, 0.05) is 19.5 Å². The molecule has 0 aliphatic carbocycles. The summed E-state index contributed by atoms with van der Waals surface area (Å²) in [6, 6.07) is 29.7. The SMILES string of the molecule is CCCCNC(=O)[C@H](Cc1ccccc1)N(Cc1cccc(C)c1)C(=O)CN(c1ccccc1OCC)S(=O)(=O)c1ccc(C)cc1. The molecule has 1 N–H and O–H groups in total. The van der Waals surface area contributed by atoms with E-state index in [0.717, 1.165) is 39.4 Å². The smallest absolute Gasteiger partial charge is 0.264 e. The number of amides is 2. The first kappa shape index (κ1) is 35.2. The lowest BCUT2D eigenvalue weighted by Crippen LogP contribution is -2.53. The average molecular weight is 656 g/mol. The van der Waals surface area contributed by atoms with Crippen LogP contribution in [0.3, 0.4) is 0 Å². The molecule has 0 aliphatic heterocycles. The number of ether oxygens (including phenoxy) is 1. The van der Waals surface area contributed by atoms with Crippen LogP contribution in [-0.4, -0.2) is 50.9 Å². The number of aryl methyl sites for hydroxylation is 2. The Labute approximate surface area is 279 Å². The Balaban J connectivity index is 1.83. The Morgan fingerprint density at radius 2 is 1.49 bits per heavy atom. The number of hydrogen-bond acceptors (Lipinski definition) is 5. The van der Waals surface area contributed by atoms with Gasteiger partial charge >= 0.3 is 0 Å². The number of anilines is 1. The highest BCUT2D eigenvalue weighted by atomic mass is 32.2. The highest BCUT2D eigenvalue weighted by molar-refractivity contribution is 7.92. The maximum Gasteiger partial charge on any atom is 0.264 e. The Hall–Kier alpha value is -4.63. The molecule has 0 saturated carbocycles. The van der Waals surface area contributed by atoms with Gasteiger partial charge in [-0.15, -0.1) is 0 Å². The molecule has 0 heterocycles. The molecule has 0 fully saturated rings. The largest absolute Gasteiger partial charge is 0.492 e. The number of nitrogens with one attached hydrogen (secondary N) is 1. The molecular formula is C38H45N3O5S. The fourth-order valence-electron chi connectivity index (χ4n) is 5.36. The van der Waals surface area contributed by atoms with Crippen LogP contribution in [0.2, 0.25) is 0 Å². The molecule has 0 spiro atoms. The first-order valence-electron chi connectivity index (χ1n) is 16.1. The van der Waals surface area contributed by atoms with E-state index in [1.54, 1.807) is 36.4 Å². The van der Waals surface area contributed by atoms with Gasteiger partial charge in [-0.05, 0) is 62.6 Å². The molecule has 248 valence electrons. The van der Waals surface area contributed by atoms with Crippen molar-refractivity contribution >= 4 is 27.5 Å². The second-order valence-electron chi connectivity index (χ2n) is 11.6. The monoisotopic (exact) mass is 655 g/mol. The third-order valence-electron chi connectivity index (χ3n) is 7.86. The van der Waals surface area contributed by atoms with E-state index < -0.39 is 28.5 Å². The summed E-state index contributed by atoms with van der Waals surface area (Å²) in [5.41, 5.74) is 3.88. The summed E-state index contributed by atoms with van der Waals surface area (Å²) in [6.07, 6.45) is 1.96. The van der Waals surface area contributed by atoms with Gasteiger partial charge in [0.15, 0.2) is 0 Å². The van der Waals surface area contributed by atoms with E-state index >= 15 is 0 Å². The Morgan fingerprint density at radius 1 is 0.809 bits per heavy atom. The summed E-state index contributed by atoms with van der Waals surface area (Å²) in [4.78, 5) is 30.2. The topological polar surface area (TPSA) is 96.0 Å². The van der Waals surface area contributed by atoms with Gasteiger partial charge in [0.25, 0.3) is 10.0 Å². The van der Waals surface area contributed by atoms with Gasteiger partial charge in [-0.25, -0.2) is 8.42 Å². The number of unbranched alkanes of at least 4 members (excludes halogenated alkanes) is 1. The van der Waals surface area contributed by atoms with Crippen molar-refractivity contribution in [1.29, 1.82) is 0 Å². The minimum Gasteiger partial charge on any atom is -0.492 e. The molecule has 4 aromatic rings. The lowest BCUT2D eigenvalue weighted by atomic mass is 10.0. The van der Waals surface area contributed by atoms with Gasteiger partial charge in [0.1, 0.15) is 18.3 Å². The maximum atomic E-state index is 14.7. The van der Waals surface area contributed by atoms with E-state index in [-0.39, 0.29) is 29.5 Å². The molecule has 4 rings (SSSR count). The van der Waals surface area contributed by atoms with Crippen molar-refractivity contribution in [3.8, 4) is 5.75 Å². The predicted molar refractivity (Wildman–Crippen MR) is 187 cm³/mol. The lowest BCUT2D eigenvalue weighted by molar-refractivity contribution is -0.140. The first-order chi connectivity index (χ1) is 22.6. The van der Waals surface area contributed by atoms with Gasteiger partial charge in [0.05, 0.1) is 17.2 Å². The van der Waals surface area contributed by atoms with Gasteiger partial charge in [0.2, 0.25) is 11.8 Å². The maximum absolute atomic E-state index is 14.7. The zero-order chi connectivity index (χ0) is 33.8. The van der Waals surface area contributed by atoms with Crippen LogP contribution in [-0.2, 0) is 32.6 Å². The van der Waals surface area contributed by atoms with Crippen molar-refractivity contribution in [3.63, 3.8) is 0 Å². The number of sulfonamides is 1. The fraction of sp³-hybridized carbons (Fsp3) is 0.316. The summed E-state index contributed by atoms with van der Waals surface area (Å²) >= 11 is 0. The van der Waals surface area contributed by atoms with Gasteiger partial charge < -0.3 is 15.0 Å². The number of nitrogens with zero attached hydrogens (tertiary/aromatic N) is 2. The van der Waals surface area contributed by atoms with Crippen molar-refractivity contribution in [1.82, 2.24) is 10.2 Å². The summed E-state index contributed by atoms with van der Waals surface area (Å²) < 4.78 is 35.6. The van der Waals surface area contributed by atoms with Crippen LogP contribution < -0.4 is 14.4 Å². The van der Waals surface area contributed by atoms with E-state index in [1.807, 2.05) is 82.3 Å². The van der Waals surface area contributed by atoms with Crippen molar-refractivity contribution in [2.45, 2.75) is 64.4 Å². The molecule has 1 atom stereocenters. The number of rotatable bonds is 16. The summed E-state index contributed by atoms with van der Waals surface area (Å²) in [7, 11) is -4.24. The van der Waals surface area contributed by atoms with Crippen LogP contribution in [0.4, 0.5) is 5.69 Å². The molecule has 2 amide bonds. The van der Waals surface area contributed by atoms with Crippen LogP contribution >= 0.6 is 0 Å². The molecule has 0 aromatic heterocycles. The number of carbonyl (C=O) groups is 2. The first-order valence-corrected chi connectivity index (χ1v) is 17.6. The standard InChI is InChI=1S/C38H45N3O5S/c1-5-7-24-39-38(43)35(26-31-15-9-8-10-16-31)40(27-32-17-13-14-30(4)25-32)37(42)28-41(34-18-11-12-19-36(34)46-6-2)47(44,45)33-22-20-29(3)21-23-33/h8-23,25,35H,5-7,24,26-28H2,1-4H3,(H,39,43)/t35-/m0/s1. The molecule has 9 heteroatoms. The fourth-order valence-corrected chi connectivity index (χ4v) is 6.78. The van der Waals surface area contributed by atoms with E-state index in [2.05, 4.69) is 5.32 Å². The normalized spacial score (nSPS) is 11.8. The summed E-state index contributed by atoms with van der Waals surface area (Å²) in [5.74, 6) is -0.465. The quantitative estimate of drug-likeness (QED) is 0.140. The van der Waals surface area contributed by atoms with Crippen LogP contribution in [0.25, 0.3) is 0 Å². The highest BCUT2D eigenvalue weighted by Crippen LogP contribution is 2.33. The molecule has 0 aliphatic rings. The zero-order valence-corrected chi connectivity index (χ0v) is 28.5. The van der Waals surface area contributed by atoms with Crippen molar-refractivity contribution in [3.05, 3.63) is 125 Å². The van der Waals surface area contributed by atoms with Crippen LogP contribution in [0.1, 0.15) is 48.9 Å². The van der Waals surface area contributed by atoms with E-state index in [0.29, 0.717) is 18.9 Å². The minimum atomic E-state index is -4.24. The second-order valence-corrected chi connectivity index (χ2v) is 13.4. The Morgan fingerprint density at radius 3 is 2.17 bits per heavy atom. The molecule has 4 aromatic carbocycles.